The van der Waals surface area contributed by atoms with Crippen LogP contribution >= 0.6 is 15.9 Å². The number of aromatic amines is 1. The summed E-state index contributed by atoms with van der Waals surface area (Å²) in [5, 5.41) is 2.98. The van der Waals surface area contributed by atoms with Gasteiger partial charge in [-0.05, 0) is 50.1 Å². The predicted molar refractivity (Wildman–Crippen MR) is 118 cm³/mol. The second-order valence-corrected chi connectivity index (χ2v) is 7.44. The fourth-order valence-electron chi connectivity index (χ4n) is 3.09. The predicted octanol–water partition coefficient (Wildman–Crippen LogP) is 4.41. The van der Waals surface area contributed by atoms with E-state index in [0.29, 0.717) is 31.3 Å². The molecule has 0 spiro atoms. The number of hydrogen-bond donors (Lipinski definition) is 2. The van der Waals surface area contributed by atoms with Crippen LogP contribution in [0.5, 0.6) is 11.5 Å². The van der Waals surface area contributed by atoms with Gasteiger partial charge in [0.15, 0.2) is 11.5 Å². The minimum atomic E-state index is -0.0260. The highest BCUT2D eigenvalue weighted by Gasteiger charge is 2.13. The van der Waals surface area contributed by atoms with E-state index in [9.17, 15) is 4.79 Å². The van der Waals surface area contributed by atoms with Crippen LogP contribution < -0.4 is 14.8 Å². The molecule has 1 aromatic heterocycles. The van der Waals surface area contributed by atoms with Crippen LogP contribution in [0.3, 0.4) is 0 Å². The molecule has 0 saturated heterocycles. The minimum Gasteiger partial charge on any atom is -0.490 e. The maximum absolute atomic E-state index is 12.4. The highest BCUT2D eigenvalue weighted by atomic mass is 79.9. The van der Waals surface area contributed by atoms with Crippen LogP contribution in [0.25, 0.3) is 11.0 Å². The number of hydrogen-bond acceptors (Lipinski definition) is 4. The van der Waals surface area contributed by atoms with Crippen molar-refractivity contribution in [3.05, 3.63) is 52.3 Å². The average Bonchev–Trinajstić information content (AvgIpc) is 3.12. The number of nitrogens with one attached hydrogen (secondary N) is 2. The summed E-state index contributed by atoms with van der Waals surface area (Å²) in [5.74, 6) is 2.25. The topological polar surface area (TPSA) is 76.2 Å². The van der Waals surface area contributed by atoms with E-state index >= 15 is 0 Å². The van der Waals surface area contributed by atoms with Crippen molar-refractivity contribution >= 4 is 32.9 Å². The second kappa shape index (κ2) is 10.3. The average molecular weight is 460 g/mol. The van der Waals surface area contributed by atoms with Gasteiger partial charge in [-0.2, -0.15) is 0 Å². The normalized spacial score (nSPS) is 10.9. The van der Waals surface area contributed by atoms with Crippen molar-refractivity contribution in [3.63, 3.8) is 0 Å². The lowest BCUT2D eigenvalue weighted by atomic mass is 10.1. The molecule has 6 nitrogen and oxygen atoms in total. The lowest BCUT2D eigenvalue weighted by Crippen LogP contribution is -2.26. The van der Waals surface area contributed by atoms with Gasteiger partial charge in [0.2, 0.25) is 5.91 Å². The summed E-state index contributed by atoms with van der Waals surface area (Å²) < 4.78 is 12.1. The van der Waals surface area contributed by atoms with E-state index in [1.165, 1.54) is 0 Å². The zero-order valence-electron chi connectivity index (χ0n) is 16.8. The Bertz CT molecular complexity index is 938. The number of aromatic nitrogens is 2. The monoisotopic (exact) mass is 459 g/mol. The number of amides is 1. The molecule has 0 aliphatic rings. The third-order valence-electron chi connectivity index (χ3n) is 4.41. The van der Waals surface area contributed by atoms with Gasteiger partial charge in [-0.3, -0.25) is 4.79 Å². The molecule has 2 N–H and O–H groups in total. The molecule has 0 radical (unpaired) electrons. The van der Waals surface area contributed by atoms with Gasteiger partial charge in [-0.15, -0.1) is 0 Å². The van der Waals surface area contributed by atoms with E-state index in [1.807, 2.05) is 50.2 Å². The summed E-state index contributed by atoms with van der Waals surface area (Å²) >= 11 is 3.53. The van der Waals surface area contributed by atoms with E-state index in [1.54, 1.807) is 0 Å². The van der Waals surface area contributed by atoms with Crippen LogP contribution in [-0.4, -0.2) is 35.6 Å². The standard InChI is InChI=1S/C22H26BrN3O3/c1-3-28-19-12-15(16(23)14-20(19)29-4-2)13-22(27)24-11-7-10-21-25-17-8-5-6-9-18(17)26-21/h5-6,8-9,12,14H,3-4,7,10-11,13H2,1-2H3,(H,24,27)(H,25,26). The molecule has 0 aliphatic heterocycles. The maximum Gasteiger partial charge on any atom is 0.224 e. The first-order valence-electron chi connectivity index (χ1n) is 9.89. The van der Waals surface area contributed by atoms with Gasteiger partial charge in [-0.25, -0.2) is 4.98 Å². The molecule has 0 bridgehead atoms. The fraction of sp³-hybridized carbons (Fsp3) is 0.364. The molecule has 1 heterocycles. The molecule has 0 saturated carbocycles. The molecule has 1 amide bonds. The summed E-state index contributed by atoms with van der Waals surface area (Å²) in [7, 11) is 0. The number of carbonyl (C=O) groups excluding carboxylic acids is 1. The third-order valence-corrected chi connectivity index (χ3v) is 5.15. The van der Waals surface area contributed by atoms with Gasteiger partial charge in [0.05, 0.1) is 30.7 Å². The first kappa shape index (κ1) is 21.2. The maximum atomic E-state index is 12.4. The third kappa shape index (κ3) is 5.73. The smallest absolute Gasteiger partial charge is 0.224 e. The van der Waals surface area contributed by atoms with Crippen LogP contribution in [0, 0.1) is 0 Å². The van der Waals surface area contributed by atoms with Crippen molar-refractivity contribution in [2.75, 3.05) is 19.8 Å². The Morgan fingerprint density at radius 2 is 1.86 bits per heavy atom. The molecular formula is C22H26BrN3O3. The Morgan fingerprint density at radius 1 is 1.14 bits per heavy atom. The number of benzene rings is 2. The quantitative estimate of drug-likeness (QED) is 0.440. The van der Waals surface area contributed by atoms with Crippen molar-refractivity contribution in [1.29, 1.82) is 0 Å². The van der Waals surface area contributed by atoms with Gasteiger partial charge in [-0.1, -0.05) is 28.1 Å². The van der Waals surface area contributed by atoms with Gasteiger partial charge < -0.3 is 19.8 Å². The molecule has 0 unspecified atom stereocenters. The molecule has 2 aromatic carbocycles. The van der Waals surface area contributed by atoms with Gasteiger partial charge in [0, 0.05) is 17.4 Å². The lowest BCUT2D eigenvalue weighted by Gasteiger charge is -2.14. The largest absolute Gasteiger partial charge is 0.490 e. The summed E-state index contributed by atoms with van der Waals surface area (Å²) in [6.07, 6.45) is 1.88. The van der Waals surface area contributed by atoms with Crippen molar-refractivity contribution in [2.24, 2.45) is 0 Å². The first-order chi connectivity index (χ1) is 14.1. The number of nitrogens with zero attached hydrogens (tertiary/aromatic N) is 1. The number of H-pyrrole nitrogens is 1. The van der Waals surface area contributed by atoms with Crippen molar-refractivity contribution in [2.45, 2.75) is 33.1 Å². The molecule has 29 heavy (non-hydrogen) atoms. The summed E-state index contributed by atoms with van der Waals surface area (Å²) in [6.45, 7) is 5.54. The Hall–Kier alpha value is -2.54. The minimum absolute atomic E-state index is 0.0260. The van der Waals surface area contributed by atoms with Gasteiger partial charge in [0.25, 0.3) is 0 Å². The van der Waals surface area contributed by atoms with E-state index in [2.05, 4.69) is 31.2 Å². The SMILES string of the molecule is CCOc1cc(Br)c(CC(=O)NCCCc2nc3ccccc3[nH]2)cc1OCC. The highest BCUT2D eigenvalue weighted by molar-refractivity contribution is 9.10. The zero-order chi connectivity index (χ0) is 20.6. The zero-order valence-corrected chi connectivity index (χ0v) is 18.3. The number of fused-ring (bicyclic) bond motifs is 1. The van der Waals surface area contributed by atoms with E-state index < -0.39 is 0 Å². The first-order valence-corrected chi connectivity index (χ1v) is 10.7. The van der Waals surface area contributed by atoms with Crippen LogP contribution in [-0.2, 0) is 17.6 Å². The number of aryl methyl sites for hydroxylation is 1. The Labute approximate surface area is 179 Å². The number of carbonyl (C=O) groups is 1. The lowest BCUT2D eigenvalue weighted by molar-refractivity contribution is -0.120. The van der Waals surface area contributed by atoms with Crippen LogP contribution in [0.15, 0.2) is 40.9 Å². The molecule has 0 fully saturated rings. The number of para-hydroxylation sites is 2. The van der Waals surface area contributed by atoms with Gasteiger partial charge >= 0.3 is 0 Å². The van der Waals surface area contributed by atoms with Crippen molar-refractivity contribution in [1.82, 2.24) is 15.3 Å². The molecule has 0 atom stereocenters. The molecule has 3 rings (SSSR count). The number of imidazole rings is 1. The fourth-order valence-corrected chi connectivity index (χ4v) is 3.56. The molecule has 3 aromatic rings. The van der Waals surface area contributed by atoms with E-state index in [4.69, 9.17) is 9.47 Å². The number of ether oxygens (including phenoxy) is 2. The van der Waals surface area contributed by atoms with Crippen LogP contribution in [0.1, 0.15) is 31.7 Å². The van der Waals surface area contributed by atoms with Crippen molar-refractivity contribution < 1.29 is 14.3 Å². The van der Waals surface area contributed by atoms with E-state index in [0.717, 1.165) is 39.7 Å². The Balaban J connectivity index is 1.51. The van der Waals surface area contributed by atoms with Gasteiger partial charge in [0.1, 0.15) is 5.82 Å². The molecule has 154 valence electrons. The highest BCUT2D eigenvalue weighted by Crippen LogP contribution is 2.34. The second-order valence-electron chi connectivity index (χ2n) is 6.59. The van der Waals surface area contributed by atoms with Crippen LogP contribution in [0.2, 0.25) is 0 Å². The summed E-state index contributed by atoms with van der Waals surface area (Å²) in [6, 6.07) is 11.7. The Kier molecular flexibility index (Phi) is 7.52. The number of halogens is 1. The van der Waals surface area contributed by atoms with E-state index in [-0.39, 0.29) is 12.3 Å². The van der Waals surface area contributed by atoms with Crippen LogP contribution in [0.4, 0.5) is 0 Å². The molecule has 7 heteroatoms. The number of rotatable bonds is 10. The molecule has 0 aliphatic carbocycles. The molecular weight excluding hydrogens is 434 g/mol. The Morgan fingerprint density at radius 3 is 2.59 bits per heavy atom. The summed E-state index contributed by atoms with van der Waals surface area (Å²) in [4.78, 5) is 20.2. The summed E-state index contributed by atoms with van der Waals surface area (Å²) in [5.41, 5.74) is 2.88. The van der Waals surface area contributed by atoms with Crippen molar-refractivity contribution in [3.8, 4) is 11.5 Å².